The molecule has 6 amide bonds. The minimum absolute atomic E-state index is 0.129. The molecule has 0 saturated carbocycles. The van der Waals surface area contributed by atoms with E-state index in [0.717, 1.165) is 21.8 Å². The lowest BCUT2D eigenvalue weighted by Crippen LogP contribution is -2.60. The van der Waals surface area contributed by atoms with Gasteiger partial charge < -0.3 is 40.3 Å². The molecule has 0 unspecified atom stereocenters. The zero-order valence-corrected chi connectivity index (χ0v) is 33.9. The predicted octanol–water partition coefficient (Wildman–Crippen LogP) is 2.59. The van der Waals surface area contributed by atoms with Crippen LogP contribution in [0, 0.1) is 12.3 Å². The van der Waals surface area contributed by atoms with Gasteiger partial charge in [0.05, 0.1) is 50.0 Å². The Kier molecular flexibility index (Phi) is 15.6. The van der Waals surface area contributed by atoms with Gasteiger partial charge in [0, 0.05) is 38.6 Å². The van der Waals surface area contributed by atoms with Crippen LogP contribution >= 0.6 is 11.3 Å². The van der Waals surface area contributed by atoms with E-state index in [1.165, 1.54) is 35.4 Å². The summed E-state index contributed by atoms with van der Waals surface area (Å²) in [6.07, 6.45) is -2.19. The summed E-state index contributed by atoms with van der Waals surface area (Å²) in [4.78, 5) is 74.2. The Hall–Kier alpha value is -5.26. The fourth-order valence-electron chi connectivity index (χ4n) is 6.29. The van der Waals surface area contributed by atoms with Crippen molar-refractivity contribution in [3.05, 3.63) is 81.8 Å². The molecule has 4 atom stereocenters. The molecule has 4 rings (SSSR count). The summed E-state index contributed by atoms with van der Waals surface area (Å²) in [6.45, 7) is 8.03. The fraction of sp³-hybridized carbons (Fsp3) is 0.487. The van der Waals surface area contributed by atoms with Crippen molar-refractivity contribution < 1.29 is 38.6 Å². The number of rotatable bonds is 18. The van der Waals surface area contributed by atoms with Crippen LogP contribution in [0.4, 0.5) is 9.59 Å². The van der Waals surface area contributed by atoms with Crippen LogP contribution < -0.4 is 26.1 Å². The Bertz CT molecular complexity index is 1790. The zero-order valence-electron chi connectivity index (χ0n) is 33.0. The number of amides is 6. The molecule has 1 saturated heterocycles. The summed E-state index contributed by atoms with van der Waals surface area (Å²) >= 11 is 1.48. The van der Waals surface area contributed by atoms with Crippen molar-refractivity contribution in [1.82, 2.24) is 41.2 Å². The van der Waals surface area contributed by atoms with Crippen LogP contribution in [0.2, 0.25) is 0 Å². The van der Waals surface area contributed by atoms with Crippen molar-refractivity contribution in [3.8, 4) is 5.75 Å². The van der Waals surface area contributed by atoms with E-state index < -0.39 is 59.5 Å². The van der Waals surface area contributed by atoms with Crippen molar-refractivity contribution >= 4 is 41.2 Å². The number of nitrogens with one attached hydrogen (secondary N) is 4. The molecular formula is C39H54N8O8S. The van der Waals surface area contributed by atoms with Crippen LogP contribution in [-0.4, -0.2) is 120 Å². The first-order valence-corrected chi connectivity index (χ1v) is 19.2. The number of aromatic nitrogens is 1. The summed E-state index contributed by atoms with van der Waals surface area (Å²) < 4.78 is 10.1. The molecule has 304 valence electrons. The van der Waals surface area contributed by atoms with Gasteiger partial charge in [0.2, 0.25) is 11.8 Å². The Morgan fingerprint density at radius 3 is 2.27 bits per heavy atom. The van der Waals surface area contributed by atoms with Crippen molar-refractivity contribution in [3.63, 3.8) is 0 Å². The molecule has 16 nitrogen and oxygen atoms in total. The molecular weight excluding hydrogens is 741 g/mol. The molecule has 17 heteroatoms. The summed E-state index contributed by atoms with van der Waals surface area (Å²) in [5, 5.41) is 24.4. The number of hydrogen-bond acceptors (Lipinski definition) is 11. The molecule has 0 radical (unpaired) electrons. The van der Waals surface area contributed by atoms with E-state index in [1.807, 2.05) is 54.8 Å². The van der Waals surface area contributed by atoms with Crippen LogP contribution in [0.15, 0.2) is 60.0 Å². The molecule has 56 heavy (non-hydrogen) atoms. The molecule has 1 aromatic heterocycles. The van der Waals surface area contributed by atoms with Crippen LogP contribution in [-0.2, 0) is 38.6 Å². The van der Waals surface area contributed by atoms with Gasteiger partial charge in [-0.05, 0) is 42.0 Å². The molecule has 1 aliphatic rings. The van der Waals surface area contributed by atoms with E-state index in [2.05, 4.69) is 26.4 Å². The molecule has 1 aliphatic heterocycles. The second-order valence-corrected chi connectivity index (χ2v) is 15.7. The summed E-state index contributed by atoms with van der Waals surface area (Å²) in [5.74, 6) is -0.972. The molecule has 0 aliphatic carbocycles. The van der Waals surface area contributed by atoms with Gasteiger partial charge in [-0.15, -0.1) is 11.3 Å². The number of nitrogens with zero attached hydrogens (tertiary/aromatic N) is 4. The summed E-state index contributed by atoms with van der Waals surface area (Å²) in [5.41, 5.74) is 4.46. The van der Waals surface area contributed by atoms with Crippen molar-refractivity contribution in [2.45, 2.75) is 77.9 Å². The summed E-state index contributed by atoms with van der Waals surface area (Å²) in [6, 6.07) is 12.9. The van der Waals surface area contributed by atoms with Gasteiger partial charge in [0.25, 0.3) is 5.91 Å². The van der Waals surface area contributed by atoms with Crippen LogP contribution in [0.5, 0.6) is 5.75 Å². The van der Waals surface area contributed by atoms with Crippen LogP contribution in [0.25, 0.3) is 0 Å². The van der Waals surface area contributed by atoms with E-state index in [4.69, 9.17) is 9.47 Å². The largest absolute Gasteiger partial charge is 0.497 e. The Morgan fingerprint density at radius 2 is 1.68 bits per heavy atom. The van der Waals surface area contributed by atoms with Crippen LogP contribution in [0.1, 0.15) is 49.0 Å². The number of ether oxygens (including phenoxy) is 2. The van der Waals surface area contributed by atoms with Gasteiger partial charge >= 0.3 is 12.1 Å². The highest BCUT2D eigenvalue weighted by atomic mass is 32.1. The third-order valence-electron chi connectivity index (χ3n) is 9.36. The number of aliphatic hydroxyl groups excluding tert-OH is 1. The number of thiazole rings is 1. The number of alkyl carbamates (subject to hydrolysis) is 1. The van der Waals surface area contributed by atoms with Gasteiger partial charge in [-0.1, -0.05) is 63.2 Å². The molecule has 2 aromatic carbocycles. The second kappa shape index (κ2) is 20.1. The number of hydrazine groups is 1. The molecule has 3 aromatic rings. The Labute approximate surface area is 331 Å². The Balaban J connectivity index is 1.62. The first kappa shape index (κ1) is 43.5. The van der Waals surface area contributed by atoms with E-state index in [-0.39, 0.29) is 39.0 Å². The number of benzene rings is 2. The second-order valence-electron chi connectivity index (χ2n) is 14.7. The monoisotopic (exact) mass is 794 g/mol. The number of carbonyl (C=O) groups is 5. The molecule has 2 heterocycles. The van der Waals surface area contributed by atoms with Gasteiger partial charge in [-0.25, -0.2) is 19.6 Å². The van der Waals surface area contributed by atoms with Gasteiger partial charge in [0.15, 0.2) is 0 Å². The standard InChI is InChI=1S/C39H54N8O8S/c1-25-41-28(24-56-25)22-45-17-18-47(38(45)53)31(20-33(49)40-5)35(50)42-30(19-26-11-9-8-10-12-26)32(48)23-46(21-27-13-15-29(54-6)16-14-27)44-36(51)34(39(2,3)4)43-37(52)55-7/h8-16,24,30-32,34,48H,17-23H2,1-7H3,(H,40,49)(H,42,50)(H,43,52)(H,44,51)/t30-,31-,32-,34+/m0/s1. The average Bonchev–Trinajstić information content (AvgIpc) is 3.75. The number of methoxy groups -OCH3 is 2. The normalized spacial score (nSPS) is 15.1. The van der Waals surface area contributed by atoms with Gasteiger partial charge in [-0.2, -0.15) is 0 Å². The first-order chi connectivity index (χ1) is 26.6. The van der Waals surface area contributed by atoms with Crippen LogP contribution in [0.3, 0.4) is 0 Å². The zero-order chi connectivity index (χ0) is 41.0. The van der Waals surface area contributed by atoms with Crippen molar-refractivity contribution in [2.24, 2.45) is 5.41 Å². The van der Waals surface area contributed by atoms with E-state index in [1.54, 1.807) is 44.9 Å². The maximum absolute atomic E-state index is 14.3. The third-order valence-corrected chi connectivity index (χ3v) is 10.2. The predicted molar refractivity (Wildman–Crippen MR) is 210 cm³/mol. The topological polar surface area (TPSA) is 195 Å². The van der Waals surface area contributed by atoms with Gasteiger partial charge in [-0.3, -0.25) is 19.8 Å². The van der Waals surface area contributed by atoms with E-state index in [9.17, 15) is 29.1 Å². The molecule has 0 bridgehead atoms. The average molecular weight is 795 g/mol. The first-order valence-electron chi connectivity index (χ1n) is 18.3. The maximum Gasteiger partial charge on any atom is 0.407 e. The fourth-order valence-corrected chi connectivity index (χ4v) is 6.90. The quantitative estimate of drug-likeness (QED) is 0.120. The highest BCUT2D eigenvalue weighted by Crippen LogP contribution is 2.22. The number of urea groups is 1. The number of carbonyl (C=O) groups excluding carboxylic acids is 5. The smallest absolute Gasteiger partial charge is 0.407 e. The lowest BCUT2D eigenvalue weighted by molar-refractivity contribution is -0.133. The number of hydrogen-bond donors (Lipinski definition) is 5. The highest BCUT2D eigenvalue weighted by Gasteiger charge is 2.40. The third kappa shape index (κ3) is 12.4. The Morgan fingerprint density at radius 1 is 0.982 bits per heavy atom. The lowest BCUT2D eigenvalue weighted by atomic mass is 9.86. The molecule has 1 fully saturated rings. The number of aryl methyl sites for hydroxylation is 1. The van der Waals surface area contributed by atoms with E-state index in [0.29, 0.717) is 12.3 Å². The number of aliphatic hydroxyl groups is 1. The SMILES string of the molecule is CNC(=O)C[C@@H](C(=O)N[C@@H](Cc1ccccc1)[C@@H](O)CN(Cc1ccc(OC)cc1)NC(=O)[C@@H](NC(=O)OC)C(C)(C)C)N1CCN(Cc2csc(C)n2)C1=O. The minimum atomic E-state index is -1.29. The summed E-state index contributed by atoms with van der Waals surface area (Å²) in [7, 11) is 4.22. The lowest BCUT2D eigenvalue weighted by Gasteiger charge is -2.35. The van der Waals surface area contributed by atoms with Crippen molar-refractivity contribution in [2.75, 3.05) is 40.9 Å². The van der Waals surface area contributed by atoms with Gasteiger partial charge in [0.1, 0.15) is 17.8 Å². The van der Waals surface area contributed by atoms with Crippen molar-refractivity contribution in [1.29, 1.82) is 0 Å². The maximum atomic E-state index is 14.3. The highest BCUT2D eigenvalue weighted by molar-refractivity contribution is 7.09. The molecule has 5 N–H and O–H groups in total. The molecule has 0 spiro atoms. The minimum Gasteiger partial charge on any atom is -0.497 e. The van der Waals surface area contributed by atoms with E-state index >= 15 is 0 Å².